The summed E-state index contributed by atoms with van der Waals surface area (Å²) in [5.74, 6) is 0.892. The van der Waals surface area contributed by atoms with Crippen LogP contribution in [0.2, 0.25) is 0 Å². The summed E-state index contributed by atoms with van der Waals surface area (Å²) in [6.07, 6.45) is 0. The number of esters is 1. The van der Waals surface area contributed by atoms with Crippen LogP contribution in [0.1, 0.15) is 15.9 Å². The van der Waals surface area contributed by atoms with Crippen molar-refractivity contribution in [1.29, 1.82) is 0 Å². The summed E-state index contributed by atoms with van der Waals surface area (Å²) in [5.41, 5.74) is 2.05. The van der Waals surface area contributed by atoms with Crippen LogP contribution in [0.3, 0.4) is 0 Å². The van der Waals surface area contributed by atoms with Crippen LogP contribution in [-0.2, 0) is 10.5 Å². The lowest BCUT2D eigenvalue weighted by atomic mass is 10.2. The van der Waals surface area contributed by atoms with E-state index in [9.17, 15) is 4.79 Å². The maximum absolute atomic E-state index is 10.8. The number of benzene rings is 2. The van der Waals surface area contributed by atoms with E-state index in [1.807, 2.05) is 17.8 Å². The lowest BCUT2D eigenvalue weighted by Gasteiger charge is -1.95. The van der Waals surface area contributed by atoms with Gasteiger partial charge in [-0.3, -0.25) is 0 Å². The molecule has 0 aliphatic carbocycles. The third-order valence-corrected chi connectivity index (χ3v) is 3.56. The lowest BCUT2D eigenvalue weighted by molar-refractivity contribution is 0.0601. The van der Waals surface area contributed by atoms with Crippen molar-refractivity contribution in [3.05, 3.63) is 65.7 Å². The van der Waals surface area contributed by atoms with Gasteiger partial charge in [-0.1, -0.05) is 30.3 Å². The summed E-state index contributed by atoms with van der Waals surface area (Å²) < 4.78 is 4.50. The molecule has 92 valence electrons. The van der Waals surface area contributed by atoms with E-state index in [-0.39, 0.29) is 5.97 Å². The molecule has 2 bridgehead atoms. The first-order valence-electron chi connectivity index (χ1n) is 5.64. The van der Waals surface area contributed by atoms with Crippen LogP contribution >= 0.6 is 11.8 Å². The summed E-state index contributed by atoms with van der Waals surface area (Å²) in [4.78, 5) is 12.2. The molecule has 3 rings (SSSR count). The summed E-state index contributed by atoms with van der Waals surface area (Å²) in [6, 6.07) is 17.6. The second-order valence-corrected chi connectivity index (χ2v) is 4.84. The Kier molecular flexibility index (Phi) is 4.42. The molecule has 1 aliphatic heterocycles. The highest BCUT2D eigenvalue weighted by Gasteiger charge is 2.03. The van der Waals surface area contributed by atoms with E-state index in [1.54, 1.807) is 24.3 Å². The number of carbonyl (C=O) groups excluding carboxylic acids is 1. The quantitative estimate of drug-likeness (QED) is 0.728. The fourth-order valence-electron chi connectivity index (χ4n) is 1.58. The van der Waals surface area contributed by atoms with Gasteiger partial charge in [0.1, 0.15) is 0 Å². The standard InChI is InChI=1S/C8H8O2.C7H6S/c1-10-8(9)7-5-3-2-4-6-7;1-2-6-4-7(3-1)8-5-6/h2-6H,1H3;1-4H,5H2. The second kappa shape index (κ2) is 6.26. The van der Waals surface area contributed by atoms with Gasteiger partial charge in [0, 0.05) is 10.6 Å². The van der Waals surface area contributed by atoms with Gasteiger partial charge in [0.15, 0.2) is 0 Å². The maximum atomic E-state index is 10.8. The van der Waals surface area contributed by atoms with Crippen LogP contribution < -0.4 is 0 Å². The van der Waals surface area contributed by atoms with Crippen molar-refractivity contribution in [3.63, 3.8) is 0 Å². The summed E-state index contributed by atoms with van der Waals surface area (Å²) >= 11 is 1.92. The Morgan fingerprint density at radius 2 is 1.89 bits per heavy atom. The zero-order valence-electron chi connectivity index (χ0n) is 10.1. The minimum Gasteiger partial charge on any atom is -0.465 e. The molecule has 1 heterocycles. The van der Waals surface area contributed by atoms with E-state index in [4.69, 9.17) is 0 Å². The van der Waals surface area contributed by atoms with Crippen LogP contribution in [-0.4, -0.2) is 13.1 Å². The van der Waals surface area contributed by atoms with Crippen LogP contribution in [0.25, 0.3) is 0 Å². The molecule has 18 heavy (non-hydrogen) atoms. The van der Waals surface area contributed by atoms with Crippen LogP contribution in [0.4, 0.5) is 0 Å². The van der Waals surface area contributed by atoms with Crippen molar-refractivity contribution >= 4 is 17.7 Å². The highest BCUT2D eigenvalue weighted by Crippen LogP contribution is 2.30. The fourth-order valence-corrected chi connectivity index (χ4v) is 2.51. The molecule has 1 aliphatic rings. The highest BCUT2D eigenvalue weighted by atomic mass is 32.2. The molecule has 0 saturated heterocycles. The third kappa shape index (κ3) is 3.37. The van der Waals surface area contributed by atoms with Gasteiger partial charge in [0.2, 0.25) is 0 Å². The molecular formula is C15H14O2S. The van der Waals surface area contributed by atoms with Crippen molar-refractivity contribution in [2.45, 2.75) is 10.6 Å². The fraction of sp³-hybridized carbons (Fsp3) is 0.133. The number of thioether (sulfide) groups is 1. The van der Waals surface area contributed by atoms with Gasteiger partial charge in [-0.2, -0.15) is 0 Å². The Hall–Kier alpha value is -1.74. The van der Waals surface area contributed by atoms with Gasteiger partial charge in [-0.15, -0.1) is 11.8 Å². The number of hydrogen-bond acceptors (Lipinski definition) is 3. The molecule has 0 spiro atoms. The second-order valence-electron chi connectivity index (χ2n) is 3.79. The molecule has 0 unspecified atom stereocenters. The minimum absolute atomic E-state index is 0.291. The Labute approximate surface area is 111 Å². The monoisotopic (exact) mass is 258 g/mol. The minimum atomic E-state index is -0.291. The van der Waals surface area contributed by atoms with Crippen molar-refractivity contribution in [3.8, 4) is 0 Å². The predicted molar refractivity (Wildman–Crippen MR) is 73.8 cm³/mol. The van der Waals surface area contributed by atoms with E-state index >= 15 is 0 Å². The zero-order chi connectivity index (χ0) is 12.8. The van der Waals surface area contributed by atoms with Gasteiger partial charge in [-0.25, -0.2) is 4.79 Å². The first-order chi connectivity index (χ1) is 8.79. The number of carbonyl (C=O) groups is 1. The molecule has 0 fully saturated rings. The smallest absolute Gasteiger partial charge is 0.337 e. The van der Waals surface area contributed by atoms with Crippen molar-refractivity contribution in [2.24, 2.45) is 0 Å². The van der Waals surface area contributed by atoms with E-state index in [1.165, 1.54) is 23.3 Å². The molecule has 0 saturated carbocycles. The van der Waals surface area contributed by atoms with Crippen LogP contribution in [0.15, 0.2) is 59.5 Å². The molecule has 0 atom stereocenters. The summed E-state index contributed by atoms with van der Waals surface area (Å²) in [6.45, 7) is 0. The molecule has 0 N–H and O–H groups in total. The zero-order valence-corrected chi connectivity index (χ0v) is 10.9. The molecular weight excluding hydrogens is 244 g/mol. The Morgan fingerprint density at radius 3 is 2.50 bits per heavy atom. The first-order valence-corrected chi connectivity index (χ1v) is 6.63. The molecule has 0 amide bonds. The van der Waals surface area contributed by atoms with Gasteiger partial charge in [0.05, 0.1) is 12.7 Å². The van der Waals surface area contributed by atoms with Crippen LogP contribution in [0.5, 0.6) is 0 Å². The lowest BCUT2D eigenvalue weighted by Crippen LogP contribution is -1.99. The largest absolute Gasteiger partial charge is 0.465 e. The summed E-state index contributed by atoms with van der Waals surface area (Å²) in [5, 5.41) is 0. The Bertz CT molecular complexity index is 504. The first kappa shape index (κ1) is 12.7. The van der Waals surface area contributed by atoms with E-state index in [2.05, 4.69) is 29.0 Å². The predicted octanol–water partition coefficient (Wildman–Crippen LogP) is 3.77. The van der Waals surface area contributed by atoms with E-state index < -0.39 is 0 Å². The van der Waals surface area contributed by atoms with Crippen molar-refractivity contribution < 1.29 is 9.53 Å². The third-order valence-electron chi connectivity index (χ3n) is 2.50. The van der Waals surface area contributed by atoms with Gasteiger partial charge >= 0.3 is 5.97 Å². The number of hydrogen-bond donors (Lipinski definition) is 0. The Balaban J connectivity index is 0.000000136. The molecule has 2 aromatic rings. The number of rotatable bonds is 1. The molecule has 2 nitrogen and oxygen atoms in total. The van der Waals surface area contributed by atoms with Gasteiger partial charge in [0.25, 0.3) is 0 Å². The number of fused-ring (bicyclic) bond motifs is 2. The van der Waals surface area contributed by atoms with E-state index in [0.29, 0.717) is 5.56 Å². The van der Waals surface area contributed by atoms with Gasteiger partial charge in [-0.05, 0) is 29.8 Å². The number of methoxy groups -OCH3 is 1. The summed E-state index contributed by atoms with van der Waals surface area (Å²) in [7, 11) is 1.37. The number of ether oxygens (including phenoxy) is 1. The normalized spacial score (nSPS) is 11.4. The topological polar surface area (TPSA) is 26.3 Å². The maximum Gasteiger partial charge on any atom is 0.337 e. The Morgan fingerprint density at radius 1 is 1.11 bits per heavy atom. The van der Waals surface area contributed by atoms with E-state index in [0.717, 1.165) is 0 Å². The average molecular weight is 258 g/mol. The van der Waals surface area contributed by atoms with Crippen molar-refractivity contribution in [1.82, 2.24) is 0 Å². The van der Waals surface area contributed by atoms with Crippen LogP contribution in [0, 0.1) is 0 Å². The van der Waals surface area contributed by atoms with Crippen molar-refractivity contribution in [2.75, 3.05) is 7.11 Å². The van der Waals surface area contributed by atoms with Gasteiger partial charge < -0.3 is 4.74 Å². The SMILES string of the molecule is COC(=O)c1ccccc1.c1cc2cc(c1)SC2. The molecule has 3 heteroatoms. The highest BCUT2D eigenvalue weighted by molar-refractivity contribution is 7.98. The molecule has 2 aromatic carbocycles. The molecule has 0 radical (unpaired) electrons. The average Bonchev–Trinajstić information content (AvgIpc) is 2.78. The molecule has 0 aromatic heterocycles.